The number of aromatic nitrogens is 1. The molecular weight excluding hydrogens is 376 g/mol. The SMILES string of the molecule is NCC1(O)C2CC3CC1CC(OCc1ccc(-c4nc5ccccc5o4)cc1)(C3)C2. The summed E-state index contributed by atoms with van der Waals surface area (Å²) in [4.78, 5) is 4.58. The van der Waals surface area contributed by atoms with E-state index in [4.69, 9.17) is 14.9 Å². The van der Waals surface area contributed by atoms with Gasteiger partial charge < -0.3 is 20.0 Å². The number of hydrogen-bond donors (Lipinski definition) is 2. The minimum Gasteiger partial charge on any atom is -0.436 e. The molecule has 156 valence electrons. The molecule has 4 fully saturated rings. The van der Waals surface area contributed by atoms with E-state index in [1.165, 1.54) is 0 Å². The minimum absolute atomic E-state index is 0.0864. The standard InChI is InChI=1S/C25H28N2O3/c26-15-25(28)19-9-17-10-20(25)13-24(11-17,12-19)29-14-16-5-7-18(8-6-16)23-27-21-3-1-2-4-22(21)30-23/h1-8,17,19-20,28H,9-15,26H2. The van der Waals surface area contributed by atoms with Crippen LogP contribution in [-0.4, -0.2) is 27.8 Å². The summed E-state index contributed by atoms with van der Waals surface area (Å²) in [6, 6.07) is 16.1. The Morgan fingerprint density at radius 1 is 1.03 bits per heavy atom. The number of hydrogen-bond acceptors (Lipinski definition) is 5. The van der Waals surface area contributed by atoms with Crippen molar-refractivity contribution in [1.29, 1.82) is 0 Å². The lowest BCUT2D eigenvalue weighted by Crippen LogP contribution is -2.66. The van der Waals surface area contributed by atoms with Crippen LogP contribution in [0.5, 0.6) is 0 Å². The third-order valence-electron chi connectivity index (χ3n) is 7.91. The zero-order valence-electron chi connectivity index (χ0n) is 17.1. The molecule has 0 amide bonds. The number of para-hydroxylation sites is 2. The zero-order valence-corrected chi connectivity index (χ0v) is 17.1. The van der Waals surface area contributed by atoms with Gasteiger partial charge in [0.05, 0.1) is 17.8 Å². The molecule has 0 radical (unpaired) electrons. The lowest BCUT2D eigenvalue weighted by molar-refractivity contribution is -0.241. The summed E-state index contributed by atoms with van der Waals surface area (Å²) >= 11 is 0. The van der Waals surface area contributed by atoms with Crippen LogP contribution in [0.2, 0.25) is 0 Å². The Morgan fingerprint density at radius 2 is 1.77 bits per heavy atom. The molecule has 5 heteroatoms. The first-order valence-corrected chi connectivity index (χ1v) is 11.1. The molecule has 4 saturated carbocycles. The van der Waals surface area contributed by atoms with E-state index >= 15 is 0 Å². The van der Waals surface area contributed by atoms with Crippen molar-refractivity contribution in [3.63, 3.8) is 0 Å². The van der Waals surface area contributed by atoms with E-state index in [9.17, 15) is 5.11 Å². The average Bonchev–Trinajstić information content (AvgIpc) is 3.20. The van der Waals surface area contributed by atoms with E-state index in [1.54, 1.807) is 0 Å². The van der Waals surface area contributed by atoms with E-state index in [2.05, 4.69) is 29.2 Å². The van der Waals surface area contributed by atoms with Crippen LogP contribution in [0.3, 0.4) is 0 Å². The smallest absolute Gasteiger partial charge is 0.227 e. The second-order valence-electron chi connectivity index (χ2n) is 9.69. The van der Waals surface area contributed by atoms with E-state index in [0.29, 0.717) is 25.0 Å². The summed E-state index contributed by atoms with van der Waals surface area (Å²) in [5.74, 6) is 1.90. The Bertz CT molecular complexity index is 1020. The third kappa shape index (κ3) is 2.83. The summed E-state index contributed by atoms with van der Waals surface area (Å²) in [5, 5.41) is 11.1. The first kappa shape index (κ1) is 18.6. The van der Waals surface area contributed by atoms with Crippen LogP contribution in [0, 0.1) is 17.8 Å². The number of fused-ring (bicyclic) bond motifs is 1. The molecule has 2 aromatic carbocycles. The third-order valence-corrected chi connectivity index (χ3v) is 7.91. The van der Waals surface area contributed by atoms with E-state index in [-0.39, 0.29) is 17.4 Å². The van der Waals surface area contributed by atoms with Crippen molar-refractivity contribution < 1.29 is 14.3 Å². The van der Waals surface area contributed by atoms with Gasteiger partial charge in [0.15, 0.2) is 5.58 Å². The number of rotatable bonds is 5. The Kier molecular flexibility index (Phi) is 4.11. The number of aliphatic hydroxyl groups is 1. The molecule has 4 bridgehead atoms. The van der Waals surface area contributed by atoms with Gasteiger partial charge in [-0.15, -0.1) is 0 Å². The van der Waals surface area contributed by atoms with Gasteiger partial charge in [-0.1, -0.05) is 24.3 Å². The highest BCUT2D eigenvalue weighted by Crippen LogP contribution is 2.61. The number of nitrogens with zero attached hydrogens (tertiary/aromatic N) is 1. The molecule has 2 atom stereocenters. The lowest BCUT2D eigenvalue weighted by Gasteiger charge is -2.63. The van der Waals surface area contributed by atoms with Crippen molar-refractivity contribution >= 4 is 11.1 Å². The Labute approximate surface area is 176 Å². The fourth-order valence-corrected chi connectivity index (χ4v) is 6.49. The largest absolute Gasteiger partial charge is 0.436 e. The van der Waals surface area contributed by atoms with Gasteiger partial charge in [0, 0.05) is 12.1 Å². The second-order valence-corrected chi connectivity index (χ2v) is 9.69. The molecular formula is C25H28N2O3. The van der Waals surface area contributed by atoms with Crippen molar-refractivity contribution in [2.24, 2.45) is 23.5 Å². The van der Waals surface area contributed by atoms with Gasteiger partial charge in [-0.3, -0.25) is 0 Å². The van der Waals surface area contributed by atoms with Gasteiger partial charge >= 0.3 is 0 Å². The fourth-order valence-electron chi connectivity index (χ4n) is 6.49. The highest BCUT2D eigenvalue weighted by molar-refractivity contribution is 5.75. The number of oxazole rings is 1. The highest BCUT2D eigenvalue weighted by Gasteiger charge is 2.61. The van der Waals surface area contributed by atoms with Crippen molar-refractivity contribution in [2.75, 3.05) is 6.54 Å². The Balaban J connectivity index is 1.17. The summed E-state index contributed by atoms with van der Waals surface area (Å²) in [6.07, 6.45) is 5.22. The molecule has 5 nitrogen and oxygen atoms in total. The topological polar surface area (TPSA) is 81.5 Å². The fraction of sp³-hybridized carbons (Fsp3) is 0.480. The minimum atomic E-state index is -0.676. The van der Waals surface area contributed by atoms with E-state index in [0.717, 1.165) is 54.3 Å². The predicted molar refractivity (Wildman–Crippen MR) is 115 cm³/mol. The van der Waals surface area contributed by atoms with E-state index in [1.807, 2.05) is 24.3 Å². The molecule has 0 aliphatic heterocycles. The summed E-state index contributed by atoms with van der Waals surface area (Å²) in [7, 11) is 0. The van der Waals surface area contributed by atoms with Crippen LogP contribution in [0.4, 0.5) is 0 Å². The molecule has 3 N–H and O–H groups in total. The van der Waals surface area contributed by atoms with Crippen LogP contribution < -0.4 is 5.73 Å². The van der Waals surface area contributed by atoms with Gasteiger partial charge in [0.2, 0.25) is 5.89 Å². The monoisotopic (exact) mass is 404 g/mol. The van der Waals surface area contributed by atoms with Crippen LogP contribution in [0.1, 0.15) is 37.7 Å². The van der Waals surface area contributed by atoms with Crippen LogP contribution >= 0.6 is 0 Å². The average molecular weight is 405 g/mol. The van der Waals surface area contributed by atoms with Crippen molar-refractivity contribution in [2.45, 2.75) is 49.9 Å². The zero-order chi connectivity index (χ0) is 20.3. The Morgan fingerprint density at radius 3 is 2.47 bits per heavy atom. The van der Waals surface area contributed by atoms with Gasteiger partial charge in [0.1, 0.15) is 5.52 Å². The van der Waals surface area contributed by atoms with Crippen LogP contribution in [0.15, 0.2) is 52.9 Å². The molecule has 3 aromatic rings. The summed E-state index contributed by atoms with van der Waals surface area (Å²) < 4.78 is 12.4. The second kappa shape index (κ2) is 6.64. The summed E-state index contributed by atoms with van der Waals surface area (Å²) in [6.45, 7) is 0.976. The van der Waals surface area contributed by atoms with Crippen molar-refractivity contribution in [1.82, 2.24) is 4.98 Å². The first-order chi connectivity index (χ1) is 14.6. The molecule has 0 spiro atoms. The number of ether oxygens (including phenoxy) is 1. The Hall–Kier alpha value is -2.21. The molecule has 1 heterocycles. The molecule has 1 aromatic heterocycles. The van der Waals surface area contributed by atoms with Gasteiger partial charge in [0.25, 0.3) is 0 Å². The molecule has 4 aliphatic carbocycles. The molecule has 7 rings (SSSR count). The summed E-state index contributed by atoms with van der Waals surface area (Å²) in [5.41, 5.74) is 9.02. The number of benzene rings is 2. The van der Waals surface area contributed by atoms with Gasteiger partial charge in [-0.2, -0.15) is 0 Å². The van der Waals surface area contributed by atoms with Crippen LogP contribution in [-0.2, 0) is 11.3 Å². The lowest BCUT2D eigenvalue weighted by atomic mass is 9.48. The quantitative estimate of drug-likeness (QED) is 0.663. The maximum Gasteiger partial charge on any atom is 0.227 e. The van der Waals surface area contributed by atoms with Gasteiger partial charge in [-0.05, 0) is 79.7 Å². The first-order valence-electron chi connectivity index (χ1n) is 11.1. The normalized spacial score (nSPS) is 34.7. The van der Waals surface area contributed by atoms with E-state index < -0.39 is 5.60 Å². The highest BCUT2D eigenvalue weighted by atomic mass is 16.5. The predicted octanol–water partition coefficient (Wildman–Crippen LogP) is 4.28. The maximum atomic E-state index is 11.1. The number of nitrogens with two attached hydrogens (primary N) is 1. The molecule has 0 saturated heterocycles. The molecule has 2 unspecified atom stereocenters. The van der Waals surface area contributed by atoms with Crippen molar-refractivity contribution in [3.05, 3.63) is 54.1 Å². The van der Waals surface area contributed by atoms with Gasteiger partial charge in [-0.25, -0.2) is 4.98 Å². The molecule has 30 heavy (non-hydrogen) atoms. The molecule has 4 aliphatic rings. The maximum absolute atomic E-state index is 11.1. The van der Waals surface area contributed by atoms with Crippen molar-refractivity contribution in [3.8, 4) is 11.5 Å². The van der Waals surface area contributed by atoms with Crippen LogP contribution in [0.25, 0.3) is 22.6 Å².